The topological polar surface area (TPSA) is 174 Å². The minimum atomic E-state index is -0.673. The van der Waals surface area contributed by atoms with Crippen molar-refractivity contribution in [2.75, 3.05) is 20.8 Å². The average molecular weight is 779 g/mol. The van der Waals surface area contributed by atoms with E-state index in [1.807, 2.05) is 49.9 Å². The number of carbonyl (C=O) groups is 4. The van der Waals surface area contributed by atoms with E-state index in [4.69, 9.17) is 19.4 Å². The summed E-state index contributed by atoms with van der Waals surface area (Å²) < 4.78 is 9.52. The molecule has 7 rings (SSSR count). The molecule has 4 heterocycles. The molecule has 3 aliphatic rings. The number of H-pyrrole nitrogens is 2. The highest BCUT2D eigenvalue weighted by molar-refractivity contribution is 5.88. The molecule has 57 heavy (non-hydrogen) atoms. The summed E-state index contributed by atoms with van der Waals surface area (Å²) in [4.78, 5) is 71.0. The zero-order chi connectivity index (χ0) is 40.5. The Morgan fingerprint density at radius 2 is 1.28 bits per heavy atom. The number of nitrogens with one attached hydrogen (secondary N) is 4. The highest BCUT2D eigenvalue weighted by atomic mass is 16.5. The van der Waals surface area contributed by atoms with E-state index in [9.17, 15) is 19.2 Å². The lowest BCUT2D eigenvalue weighted by Crippen LogP contribution is -2.52. The molecule has 14 heteroatoms. The van der Waals surface area contributed by atoms with Crippen LogP contribution in [0.4, 0.5) is 9.59 Å². The van der Waals surface area contributed by atoms with Crippen LogP contribution < -0.4 is 10.6 Å². The van der Waals surface area contributed by atoms with Gasteiger partial charge in [-0.2, -0.15) is 0 Å². The molecule has 14 nitrogen and oxygen atoms in total. The number of ether oxygens (including phenoxy) is 2. The Hall–Kier alpha value is -5.66. The van der Waals surface area contributed by atoms with Gasteiger partial charge in [-0.1, -0.05) is 83.1 Å². The van der Waals surface area contributed by atoms with Crippen molar-refractivity contribution in [3.05, 3.63) is 72.6 Å². The lowest BCUT2D eigenvalue weighted by atomic mass is 9.99. The molecule has 3 fully saturated rings. The van der Waals surface area contributed by atoms with Crippen molar-refractivity contribution in [1.82, 2.24) is 40.4 Å². The summed E-state index contributed by atoms with van der Waals surface area (Å²) in [5.74, 6) is 1.95. The van der Waals surface area contributed by atoms with Crippen molar-refractivity contribution in [2.45, 2.75) is 96.4 Å². The second kappa shape index (κ2) is 16.4. The number of nitrogens with zero attached hydrogens (tertiary/aromatic N) is 4. The molecule has 0 spiro atoms. The van der Waals surface area contributed by atoms with E-state index in [-0.39, 0.29) is 47.7 Å². The van der Waals surface area contributed by atoms with Crippen molar-refractivity contribution in [2.24, 2.45) is 17.8 Å². The summed E-state index contributed by atoms with van der Waals surface area (Å²) in [6, 6.07) is 15.5. The van der Waals surface area contributed by atoms with Crippen LogP contribution in [0.2, 0.25) is 0 Å². The van der Waals surface area contributed by atoms with Gasteiger partial charge in [0.15, 0.2) is 0 Å². The first-order valence-electron chi connectivity index (χ1n) is 20.0. The highest BCUT2D eigenvalue weighted by Gasteiger charge is 2.56. The van der Waals surface area contributed by atoms with Crippen LogP contribution in [0.5, 0.6) is 0 Å². The highest BCUT2D eigenvalue weighted by Crippen LogP contribution is 2.53. The molecule has 2 aromatic carbocycles. The molecule has 302 valence electrons. The van der Waals surface area contributed by atoms with Gasteiger partial charge in [0.25, 0.3) is 0 Å². The molecular weight excluding hydrogens is 725 g/mol. The van der Waals surface area contributed by atoms with E-state index < -0.39 is 24.3 Å². The van der Waals surface area contributed by atoms with E-state index in [0.29, 0.717) is 12.5 Å². The zero-order valence-electron chi connectivity index (χ0n) is 33.7. The molecule has 2 aromatic heterocycles. The smallest absolute Gasteiger partial charge is 0.407 e. The van der Waals surface area contributed by atoms with Crippen LogP contribution in [0.15, 0.2) is 60.9 Å². The molecule has 2 unspecified atom stereocenters. The van der Waals surface area contributed by atoms with Gasteiger partial charge in [0.05, 0.1) is 50.1 Å². The van der Waals surface area contributed by atoms with Crippen LogP contribution in [0.3, 0.4) is 0 Å². The van der Waals surface area contributed by atoms with Gasteiger partial charge in [-0.3, -0.25) is 9.59 Å². The van der Waals surface area contributed by atoms with E-state index in [1.54, 1.807) is 0 Å². The zero-order valence-corrected chi connectivity index (χ0v) is 33.7. The molecule has 4 amide bonds. The molecule has 1 saturated carbocycles. The molecular formula is C43H54N8O6. The second-order valence-corrected chi connectivity index (χ2v) is 16.3. The van der Waals surface area contributed by atoms with Crippen molar-refractivity contribution in [3.63, 3.8) is 0 Å². The maximum Gasteiger partial charge on any atom is 0.407 e. The summed E-state index contributed by atoms with van der Waals surface area (Å²) in [5.41, 5.74) is 6.01. The number of imidazole rings is 2. The number of hydrogen-bond donors (Lipinski definition) is 4. The molecule has 0 bridgehead atoms. The van der Waals surface area contributed by atoms with Gasteiger partial charge in [0.1, 0.15) is 23.7 Å². The van der Waals surface area contributed by atoms with Crippen LogP contribution in [0.25, 0.3) is 33.6 Å². The number of benzene rings is 2. The number of methoxy groups -OCH3 is 2. The number of carbonyl (C=O) groups excluding carboxylic acids is 4. The van der Waals surface area contributed by atoms with Crippen LogP contribution in [0, 0.1) is 17.8 Å². The van der Waals surface area contributed by atoms with E-state index >= 15 is 0 Å². The van der Waals surface area contributed by atoms with E-state index in [1.165, 1.54) is 14.2 Å². The third-order valence-corrected chi connectivity index (χ3v) is 11.8. The van der Waals surface area contributed by atoms with Gasteiger partial charge in [0, 0.05) is 18.5 Å². The number of aromatic nitrogens is 4. The maximum absolute atomic E-state index is 13.8. The summed E-state index contributed by atoms with van der Waals surface area (Å²) in [5, 5.41) is 5.42. The van der Waals surface area contributed by atoms with Gasteiger partial charge < -0.3 is 39.9 Å². The lowest BCUT2D eigenvalue weighted by Gasteiger charge is -2.31. The lowest BCUT2D eigenvalue weighted by molar-refractivity contribution is -0.136. The Morgan fingerprint density at radius 1 is 0.754 bits per heavy atom. The predicted octanol–water partition coefficient (Wildman–Crippen LogP) is 6.65. The minimum absolute atomic E-state index is 0.0578. The van der Waals surface area contributed by atoms with Gasteiger partial charge in [-0.05, 0) is 65.7 Å². The summed E-state index contributed by atoms with van der Waals surface area (Å²) in [6.45, 7) is 10.5. The molecule has 2 saturated heterocycles. The predicted molar refractivity (Wildman–Crippen MR) is 215 cm³/mol. The molecule has 4 N–H and O–H groups in total. The number of alkyl carbamates (subject to hydrolysis) is 2. The number of piperidine rings is 1. The van der Waals surface area contributed by atoms with Crippen LogP contribution in [-0.4, -0.2) is 98.7 Å². The van der Waals surface area contributed by atoms with Crippen molar-refractivity contribution >= 4 is 24.0 Å². The maximum atomic E-state index is 13.8. The van der Waals surface area contributed by atoms with Gasteiger partial charge in [-0.15, -0.1) is 0 Å². The first-order chi connectivity index (χ1) is 27.4. The molecule has 1 aliphatic carbocycles. The Morgan fingerprint density at radius 3 is 1.82 bits per heavy atom. The van der Waals surface area contributed by atoms with E-state index in [0.717, 1.165) is 71.0 Å². The summed E-state index contributed by atoms with van der Waals surface area (Å²) >= 11 is 0. The number of rotatable bonds is 14. The van der Waals surface area contributed by atoms with Gasteiger partial charge in [-0.25, -0.2) is 19.6 Å². The molecule has 2 aliphatic heterocycles. The monoisotopic (exact) mass is 778 g/mol. The van der Waals surface area contributed by atoms with Crippen molar-refractivity contribution in [3.8, 4) is 33.6 Å². The van der Waals surface area contributed by atoms with Crippen molar-refractivity contribution in [1.29, 1.82) is 0 Å². The summed E-state index contributed by atoms with van der Waals surface area (Å²) in [6.07, 6.45) is 5.98. The fraction of sp³-hybridized carbons (Fsp3) is 0.488. The molecule has 4 aromatic rings. The number of aromatic amines is 2. The molecule has 0 radical (unpaired) electrons. The number of fused-ring (bicyclic) bond motifs is 1. The number of amides is 4. The van der Waals surface area contributed by atoms with Crippen LogP contribution in [-0.2, 0) is 19.1 Å². The first-order valence-corrected chi connectivity index (χ1v) is 20.0. The fourth-order valence-electron chi connectivity index (χ4n) is 8.24. The van der Waals surface area contributed by atoms with Crippen molar-refractivity contribution < 1.29 is 28.7 Å². The average Bonchev–Trinajstić information content (AvgIpc) is 3.94. The van der Waals surface area contributed by atoms with Crippen LogP contribution >= 0.6 is 0 Å². The SMILES string of the molecule is CCC(C[C@@H]1CN1C(=O)[C@@H](NC(=O)OC)C(C)C)c1ncc(-c2ccc(-c3ccc(-c4cnc(C5C[C@@H]6C[C@@H]6N5C(=O)[C@@H](NC(=O)OC)C(C)C)[nH]4)cc3)cc2)[nH]1. The first kappa shape index (κ1) is 39.6. The standard InChI is InChI=1S/C43H54N8O6/c1-8-25(17-31-22-50(31)40(52)36(23(2)3)48-42(54)56-6)38-44-20-32(46-38)28-13-9-26(10-14-28)27-11-15-29(16-12-27)33-21-45-39(47-33)35-19-30-18-34(30)51(35)41(53)37(24(4)5)49-43(55)57-7/h9-16,20-21,23-25,30-31,34-37H,8,17-19,22H2,1-7H3,(H,44,46)(H,45,47)(H,48,54)(H,49,55)/t25?,30-,31+,34-,35?,36-,37-,50?/m0/s1. The Bertz CT molecular complexity index is 2070. The number of likely N-dealkylation sites (tertiary alicyclic amines) is 1. The molecule has 7 atom stereocenters. The second-order valence-electron chi connectivity index (χ2n) is 16.3. The number of hydrogen-bond acceptors (Lipinski definition) is 8. The Labute approximate surface area is 333 Å². The normalized spacial score (nSPS) is 21.1. The minimum Gasteiger partial charge on any atom is -0.453 e. The fourth-order valence-corrected chi connectivity index (χ4v) is 8.24. The third kappa shape index (κ3) is 8.40. The Balaban J connectivity index is 0.968. The van der Waals surface area contributed by atoms with Gasteiger partial charge >= 0.3 is 12.2 Å². The van der Waals surface area contributed by atoms with E-state index in [2.05, 4.69) is 76.1 Å². The summed E-state index contributed by atoms with van der Waals surface area (Å²) in [7, 11) is 2.60. The largest absolute Gasteiger partial charge is 0.453 e. The Kier molecular flexibility index (Phi) is 11.4. The van der Waals surface area contributed by atoms with Crippen LogP contribution in [0.1, 0.15) is 83.9 Å². The quantitative estimate of drug-likeness (QED) is 0.103. The third-order valence-electron chi connectivity index (χ3n) is 11.8. The van der Waals surface area contributed by atoms with Gasteiger partial charge in [0.2, 0.25) is 11.8 Å².